The summed E-state index contributed by atoms with van der Waals surface area (Å²) in [6, 6.07) is 1.72. The Morgan fingerprint density at radius 3 is 2.72 bits per heavy atom. The third-order valence-electron chi connectivity index (χ3n) is 5.11. The smallest absolute Gasteiger partial charge is 0.407 e. The average Bonchev–Trinajstić information content (AvgIpc) is 3.18. The molecular weight excluding hydrogens is 418 g/mol. The summed E-state index contributed by atoms with van der Waals surface area (Å²) in [6.07, 6.45) is 2.11. The molecule has 13 heteroatoms. The highest BCUT2D eigenvalue weighted by molar-refractivity contribution is 5.90. The molecule has 0 spiro atoms. The molecule has 13 nitrogen and oxygen atoms in total. The molecule has 1 aliphatic heterocycles. The van der Waals surface area contributed by atoms with E-state index < -0.39 is 6.09 Å². The minimum Gasteiger partial charge on any atom is -0.465 e. The van der Waals surface area contributed by atoms with E-state index in [0.717, 1.165) is 0 Å². The van der Waals surface area contributed by atoms with Crippen LogP contribution in [0, 0.1) is 0 Å². The summed E-state index contributed by atoms with van der Waals surface area (Å²) in [4.78, 5) is 32.1. The topological polar surface area (TPSA) is 155 Å². The molecule has 0 aromatic carbocycles. The lowest BCUT2D eigenvalue weighted by atomic mass is 10.3. The van der Waals surface area contributed by atoms with Gasteiger partial charge in [-0.25, -0.2) is 19.7 Å². The van der Waals surface area contributed by atoms with Crippen molar-refractivity contribution in [2.45, 2.75) is 20.1 Å². The SMILES string of the molecule is CCOCCn1nc(CO)c2nc(N3CCN(C(=O)O)CC3)nc(Nc3ccncn3)c21. The van der Waals surface area contributed by atoms with E-state index >= 15 is 0 Å². The number of nitrogens with one attached hydrogen (secondary N) is 1. The molecule has 170 valence electrons. The summed E-state index contributed by atoms with van der Waals surface area (Å²) in [5, 5.41) is 26.8. The number of carboxylic acid groups (broad SMARTS) is 1. The zero-order valence-electron chi connectivity index (χ0n) is 17.7. The Morgan fingerprint density at radius 1 is 1.25 bits per heavy atom. The maximum absolute atomic E-state index is 11.2. The Labute approximate surface area is 183 Å². The van der Waals surface area contributed by atoms with E-state index in [1.807, 2.05) is 11.8 Å². The first-order valence-electron chi connectivity index (χ1n) is 10.3. The van der Waals surface area contributed by atoms with E-state index in [1.54, 1.807) is 16.9 Å². The monoisotopic (exact) mass is 443 g/mol. The average molecular weight is 443 g/mol. The minimum absolute atomic E-state index is 0.283. The van der Waals surface area contributed by atoms with Gasteiger partial charge >= 0.3 is 6.09 Å². The molecule has 1 aliphatic rings. The lowest BCUT2D eigenvalue weighted by Crippen LogP contribution is -2.48. The largest absolute Gasteiger partial charge is 0.465 e. The van der Waals surface area contributed by atoms with Gasteiger partial charge in [0.25, 0.3) is 0 Å². The zero-order chi connectivity index (χ0) is 22.5. The molecule has 3 aromatic rings. The van der Waals surface area contributed by atoms with Crippen LogP contribution in [0.5, 0.6) is 0 Å². The summed E-state index contributed by atoms with van der Waals surface area (Å²) in [6.45, 7) is 4.75. The maximum Gasteiger partial charge on any atom is 0.407 e. The van der Waals surface area contributed by atoms with Crippen LogP contribution in [0.1, 0.15) is 12.6 Å². The number of anilines is 3. The van der Waals surface area contributed by atoms with Crippen LogP contribution in [0.25, 0.3) is 11.0 Å². The van der Waals surface area contributed by atoms with Gasteiger partial charge in [-0.1, -0.05) is 0 Å². The molecule has 0 atom stereocenters. The molecule has 4 heterocycles. The second-order valence-corrected chi connectivity index (χ2v) is 7.07. The number of ether oxygens (including phenoxy) is 1. The normalized spacial score (nSPS) is 14.2. The van der Waals surface area contributed by atoms with Gasteiger partial charge in [0.2, 0.25) is 5.95 Å². The van der Waals surface area contributed by atoms with Crippen LogP contribution in [0.3, 0.4) is 0 Å². The quantitative estimate of drug-likeness (QED) is 0.421. The standard InChI is InChI=1S/C19H25N9O4/c1-2-32-10-9-28-16-15(13(11-29)25-28)23-18(26-5-7-27(8-6-26)19(30)31)24-17(16)22-14-3-4-20-12-21-14/h3-4,12,29H,2,5-11H2,1H3,(H,30,31)(H,20,21,22,23,24). The lowest BCUT2D eigenvalue weighted by molar-refractivity contribution is 0.137. The van der Waals surface area contributed by atoms with Gasteiger partial charge in [0, 0.05) is 39.0 Å². The molecule has 3 N–H and O–H groups in total. The number of aliphatic hydroxyl groups is 1. The van der Waals surface area contributed by atoms with Crippen molar-refractivity contribution in [3.63, 3.8) is 0 Å². The van der Waals surface area contributed by atoms with E-state index in [-0.39, 0.29) is 6.61 Å². The highest BCUT2D eigenvalue weighted by Crippen LogP contribution is 2.28. The first kappa shape index (κ1) is 21.6. The predicted octanol–water partition coefficient (Wildman–Crippen LogP) is 0.689. The van der Waals surface area contributed by atoms with Gasteiger partial charge in [-0.3, -0.25) is 4.68 Å². The number of fused-ring (bicyclic) bond motifs is 1. The third kappa shape index (κ3) is 4.53. The van der Waals surface area contributed by atoms with Gasteiger partial charge in [-0.15, -0.1) is 0 Å². The fourth-order valence-corrected chi connectivity index (χ4v) is 3.51. The Morgan fingerprint density at radius 2 is 2.06 bits per heavy atom. The van der Waals surface area contributed by atoms with Gasteiger partial charge in [0.15, 0.2) is 5.82 Å². The van der Waals surface area contributed by atoms with Crippen LogP contribution in [0.2, 0.25) is 0 Å². The number of aliphatic hydroxyl groups excluding tert-OH is 1. The molecule has 1 fully saturated rings. The highest BCUT2D eigenvalue weighted by atomic mass is 16.5. The van der Waals surface area contributed by atoms with Crippen molar-refractivity contribution in [3.8, 4) is 0 Å². The molecule has 1 saturated heterocycles. The molecule has 0 radical (unpaired) electrons. The Hall–Kier alpha value is -3.58. The van der Waals surface area contributed by atoms with Crippen molar-refractivity contribution in [1.29, 1.82) is 0 Å². The van der Waals surface area contributed by atoms with E-state index in [1.165, 1.54) is 11.2 Å². The second kappa shape index (κ2) is 9.70. The molecule has 32 heavy (non-hydrogen) atoms. The first-order chi connectivity index (χ1) is 15.6. The van der Waals surface area contributed by atoms with Gasteiger partial charge in [-0.2, -0.15) is 10.1 Å². The number of rotatable bonds is 8. The lowest BCUT2D eigenvalue weighted by Gasteiger charge is -2.33. The molecule has 3 aromatic heterocycles. The molecule has 4 rings (SSSR count). The van der Waals surface area contributed by atoms with Crippen molar-refractivity contribution in [2.75, 3.05) is 49.6 Å². The molecule has 0 bridgehead atoms. The van der Waals surface area contributed by atoms with Gasteiger partial charge in [0.1, 0.15) is 28.9 Å². The Kier molecular flexibility index (Phi) is 6.56. The second-order valence-electron chi connectivity index (χ2n) is 7.07. The summed E-state index contributed by atoms with van der Waals surface area (Å²) in [5.41, 5.74) is 1.57. The molecule has 0 saturated carbocycles. The third-order valence-corrected chi connectivity index (χ3v) is 5.11. The number of piperazine rings is 1. The number of hydrogen-bond acceptors (Lipinski definition) is 10. The van der Waals surface area contributed by atoms with Crippen LogP contribution in [0.4, 0.5) is 22.4 Å². The van der Waals surface area contributed by atoms with E-state index in [2.05, 4.69) is 25.4 Å². The predicted molar refractivity (Wildman–Crippen MR) is 115 cm³/mol. The summed E-state index contributed by atoms with van der Waals surface area (Å²) < 4.78 is 7.18. The van der Waals surface area contributed by atoms with Crippen LogP contribution in [-0.2, 0) is 17.9 Å². The van der Waals surface area contributed by atoms with Gasteiger partial charge in [-0.05, 0) is 13.0 Å². The number of hydrogen-bond donors (Lipinski definition) is 3. The van der Waals surface area contributed by atoms with Gasteiger partial charge in [0.05, 0.1) is 19.8 Å². The van der Waals surface area contributed by atoms with E-state index in [9.17, 15) is 15.0 Å². The molecule has 1 amide bonds. The van der Waals surface area contributed by atoms with Crippen LogP contribution in [-0.4, -0.2) is 90.3 Å². The van der Waals surface area contributed by atoms with E-state index in [0.29, 0.717) is 80.2 Å². The van der Waals surface area contributed by atoms with Crippen molar-refractivity contribution in [2.24, 2.45) is 0 Å². The first-order valence-corrected chi connectivity index (χ1v) is 10.3. The van der Waals surface area contributed by atoms with Gasteiger partial charge < -0.3 is 30.1 Å². The van der Waals surface area contributed by atoms with Crippen LogP contribution in [0.15, 0.2) is 18.6 Å². The van der Waals surface area contributed by atoms with Crippen molar-refractivity contribution in [1.82, 2.24) is 34.6 Å². The molecule has 0 unspecified atom stereocenters. The number of aromatic nitrogens is 6. The summed E-state index contributed by atoms with van der Waals surface area (Å²) in [5.74, 6) is 1.45. The number of carbonyl (C=O) groups is 1. The molecule has 0 aliphatic carbocycles. The molecular formula is C19H25N9O4. The van der Waals surface area contributed by atoms with Crippen molar-refractivity contribution >= 4 is 34.7 Å². The Balaban J connectivity index is 1.75. The van der Waals surface area contributed by atoms with Crippen LogP contribution >= 0.6 is 0 Å². The highest BCUT2D eigenvalue weighted by Gasteiger charge is 2.25. The minimum atomic E-state index is -0.940. The number of amides is 1. The van der Waals surface area contributed by atoms with Crippen molar-refractivity contribution < 1.29 is 19.7 Å². The van der Waals surface area contributed by atoms with E-state index in [4.69, 9.17) is 9.72 Å². The number of nitrogens with zero attached hydrogens (tertiary/aromatic N) is 8. The van der Waals surface area contributed by atoms with Crippen LogP contribution < -0.4 is 10.2 Å². The van der Waals surface area contributed by atoms with Crippen molar-refractivity contribution in [3.05, 3.63) is 24.3 Å². The maximum atomic E-state index is 11.2. The summed E-state index contributed by atoms with van der Waals surface area (Å²) in [7, 11) is 0. The Bertz CT molecular complexity index is 1070. The summed E-state index contributed by atoms with van der Waals surface area (Å²) >= 11 is 0. The zero-order valence-corrected chi connectivity index (χ0v) is 17.7. The fourth-order valence-electron chi connectivity index (χ4n) is 3.51. The fraction of sp³-hybridized carbons (Fsp3) is 0.474.